The van der Waals surface area contributed by atoms with Gasteiger partial charge in [-0.1, -0.05) is 23.1 Å². The van der Waals surface area contributed by atoms with Gasteiger partial charge in [0.15, 0.2) is 4.34 Å². The minimum atomic E-state index is -0.169. The molecule has 8 heteroatoms. The average Bonchev–Trinajstić information content (AvgIpc) is 3.26. The summed E-state index contributed by atoms with van der Waals surface area (Å²) < 4.78 is 5.90. The lowest BCUT2D eigenvalue weighted by atomic mass is 10.3. The van der Waals surface area contributed by atoms with Gasteiger partial charge in [0.25, 0.3) is 0 Å². The number of amides is 1. The summed E-state index contributed by atoms with van der Waals surface area (Å²) in [7, 11) is 1.64. The Kier molecular flexibility index (Phi) is 5.02. The largest absolute Gasteiger partial charge is 0.497 e. The fourth-order valence-corrected chi connectivity index (χ4v) is 3.78. The smallest absolute Gasteiger partial charge is 0.233 e. The Morgan fingerprint density at radius 1 is 1.35 bits per heavy atom. The van der Waals surface area contributed by atoms with E-state index >= 15 is 0 Å². The second-order valence-corrected chi connectivity index (χ2v) is 7.84. The quantitative estimate of drug-likeness (QED) is 0.748. The van der Waals surface area contributed by atoms with Gasteiger partial charge in [-0.3, -0.25) is 4.79 Å². The lowest BCUT2D eigenvalue weighted by Gasteiger charge is -2.08. The van der Waals surface area contributed by atoms with Crippen molar-refractivity contribution in [2.45, 2.75) is 35.4 Å². The fourth-order valence-electron chi connectivity index (χ4n) is 1.86. The van der Waals surface area contributed by atoms with E-state index in [4.69, 9.17) is 4.74 Å². The molecule has 6 nitrogen and oxygen atoms in total. The molecule has 1 heterocycles. The third-order valence-corrected chi connectivity index (χ3v) is 5.34. The summed E-state index contributed by atoms with van der Waals surface area (Å²) in [6, 6.07) is 7.97. The molecule has 1 atom stereocenters. The van der Waals surface area contributed by atoms with Crippen LogP contribution in [0.25, 0.3) is 0 Å². The molecule has 1 saturated carbocycles. The van der Waals surface area contributed by atoms with Gasteiger partial charge in [-0.05, 0) is 44.0 Å². The van der Waals surface area contributed by atoms with Crippen LogP contribution in [0.4, 0.5) is 10.8 Å². The minimum Gasteiger partial charge on any atom is -0.497 e. The van der Waals surface area contributed by atoms with E-state index in [-0.39, 0.29) is 11.2 Å². The molecular weight excluding hydrogens is 332 g/mol. The van der Waals surface area contributed by atoms with Crippen LogP contribution in [0.3, 0.4) is 0 Å². The van der Waals surface area contributed by atoms with Gasteiger partial charge in [0.05, 0.1) is 12.4 Å². The highest BCUT2D eigenvalue weighted by Crippen LogP contribution is 2.31. The zero-order chi connectivity index (χ0) is 16.2. The Morgan fingerprint density at radius 2 is 2.09 bits per heavy atom. The maximum atomic E-state index is 12.0. The van der Waals surface area contributed by atoms with Crippen LogP contribution in [0.15, 0.2) is 28.6 Å². The van der Waals surface area contributed by atoms with Crippen molar-refractivity contribution in [3.63, 3.8) is 0 Å². The highest BCUT2D eigenvalue weighted by atomic mass is 32.2. The first-order chi connectivity index (χ1) is 11.1. The molecule has 0 aliphatic heterocycles. The maximum Gasteiger partial charge on any atom is 0.233 e. The number of benzene rings is 1. The summed E-state index contributed by atoms with van der Waals surface area (Å²) in [6.07, 6.45) is 2.19. The molecule has 1 aromatic carbocycles. The maximum absolute atomic E-state index is 12.0. The van der Waals surface area contributed by atoms with Crippen LogP contribution >= 0.6 is 23.1 Å². The Hall–Kier alpha value is -1.80. The van der Waals surface area contributed by atoms with Gasteiger partial charge in [-0.15, -0.1) is 10.2 Å². The van der Waals surface area contributed by atoms with E-state index in [2.05, 4.69) is 20.8 Å². The van der Waals surface area contributed by atoms with E-state index in [1.807, 2.05) is 31.2 Å². The van der Waals surface area contributed by atoms with Crippen LogP contribution in [0, 0.1) is 0 Å². The molecule has 2 aromatic rings. The highest BCUT2D eigenvalue weighted by molar-refractivity contribution is 8.02. The van der Waals surface area contributed by atoms with Crippen molar-refractivity contribution in [1.29, 1.82) is 0 Å². The van der Waals surface area contributed by atoms with E-state index in [9.17, 15) is 4.79 Å². The third kappa shape index (κ3) is 4.59. The van der Waals surface area contributed by atoms with Crippen LogP contribution in [0.1, 0.15) is 19.8 Å². The standard InChI is InChI=1S/C15H18N4O2S2/c1-9(13(20)16-10-3-4-10)22-15-19-18-14(23-15)17-11-5-7-12(21-2)8-6-11/h5-10H,3-4H2,1-2H3,(H,16,20)(H,17,18)/t9-/m0/s1. The van der Waals surface area contributed by atoms with Gasteiger partial charge < -0.3 is 15.4 Å². The summed E-state index contributed by atoms with van der Waals surface area (Å²) in [5.41, 5.74) is 0.915. The van der Waals surface area contributed by atoms with Gasteiger partial charge in [0, 0.05) is 11.7 Å². The van der Waals surface area contributed by atoms with Crippen LogP contribution in [-0.4, -0.2) is 34.5 Å². The van der Waals surface area contributed by atoms with Crippen LogP contribution in [0.5, 0.6) is 5.75 Å². The zero-order valence-corrected chi connectivity index (χ0v) is 14.5. The number of hydrogen-bond donors (Lipinski definition) is 2. The number of thioether (sulfide) groups is 1. The Bertz CT molecular complexity index is 670. The molecular formula is C15H18N4O2S2. The van der Waals surface area contributed by atoms with Gasteiger partial charge in [0.1, 0.15) is 5.75 Å². The molecule has 122 valence electrons. The van der Waals surface area contributed by atoms with E-state index in [1.165, 1.54) is 23.1 Å². The molecule has 0 unspecified atom stereocenters. The van der Waals surface area contributed by atoms with E-state index in [0.717, 1.165) is 28.6 Å². The number of methoxy groups -OCH3 is 1. The summed E-state index contributed by atoms with van der Waals surface area (Å²) in [4.78, 5) is 12.0. The Morgan fingerprint density at radius 3 is 2.74 bits per heavy atom. The number of rotatable bonds is 7. The van der Waals surface area contributed by atoms with Gasteiger partial charge in [-0.2, -0.15) is 0 Å². The second kappa shape index (κ2) is 7.18. The van der Waals surface area contributed by atoms with Crippen LogP contribution in [0.2, 0.25) is 0 Å². The number of anilines is 2. The predicted octanol–water partition coefficient (Wildman–Crippen LogP) is 3.05. The number of carbonyl (C=O) groups excluding carboxylic acids is 1. The molecule has 0 radical (unpaired) electrons. The summed E-state index contributed by atoms with van der Waals surface area (Å²) in [5, 5.41) is 15.0. The molecule has 3 rings (SSSR count). The molecule has 0 saturated heterocycles. The molecule has 23 heavy (non-hydrogen) atoms. The molecule has 0 bridgehead atoms. The molecule has 1 fully saturated rings. The van der Waals surface area contributed by atoms with Crippen molar-refractivity contribution in [1.82, 2.24) is 15.5 Å². The predicted molar refractivity (Wildman–Crippen MR) is 92.7 cm³/mol. The average molecular weight is 350 g/mol. The van der Waals surface area contributed by atoms with Crippen molar-refractivity contribution < 1.29 is 9.53 Å². The summed E-state index contributed by atoms with van der Waals surface area (Å²) >= 11 is 2.87. The number of nitrogens with zero attached hydrogens (tertiary/aromatic N) is 2. The summed E-state index contributed by atoms with van der Waals surface area (Å²) in [6.45, 7) is 1.89. The molecule has 0 spiro atoms. The van der Waals surface area contributed by atoms with Crippen molar-refractivity contribution >= 4 is 39.8 Å². The molecule has 1 aromatic heterocycles. The summed E-state index contributed by atoms with van der Waals surface area (Å²) in [5.74, 6) is 0.872. The molecule has 1 amide bonds. The number of nitrogens with one attached hydrogen (secondary N) is 2. The monoisotopic (exact) mass is 350 g/mol. The fraction of sp³-hybridized carbons (Fsp3) is 0.400. The molecule has 1 aliphatic rings. The molecule has 2 N–H and O–H groups in total. The van der Waals surface area contributed by atoms with E-state index in [0.29, 0.717) is 11.2 Å². The second-order valence-electron chi connectivity index (χ2n) is 5.27. The topological polar surface area (TPSA) is 76.1 Å². The van der Waals surface area contributed by atoms with Crippen molar-refractivity contribution in [2.24, 2.45) is 0 Å². The SMILES string of the molecule is COc1ccc(Nc2nnc(S[C@@H](C)C(=O)NC3CC3)s2)cc1. The van der Waals surface area contributed by atoms with Crippen molar-refractivity contribution in [2.75, 3.05) is 12.4 Å². The first kappa shape index (κ1) is 16.1. The van der Waals surface area contributed by atoms with Gasteiger partial charge >= 0.3 is 0 Å². The third-order valence-electron chi connectivity index (χ3n) is 3.32. The van der Waals surface area contributed by atoms with Crippen molar-refractivity contribution in [3.05, 3.63) is 24.3 Å². The Balaban J connectivity index is 1.55. The van der Waals surface area contributed by atoms with Gasteiger partial charge in [-0.25, -0.2) is 0 Å². The van der Waals surface area contributed by atoms with Crippen LogP contribution in [-0.2, 0) is 4.79 Å². The number of carbonyl (C=O) groups is 1. The number of ether oxygens (including phenoxy) is 1. The lowest BCUT2D eigenvalue weighted by Crippen LogP contribution is -2.32. The number of hydrogen-bond acceptors (Lipinski definition) is 7. The first-order valence-electron chi connectivity index (χ1n) is 7.35. The molecule has 1 aliphatic carbocycles. The van der Waals surface area contributed by atoms with Gasteiger partial charge in [0.2, 0.25) is 11.0 Å². The number of aromatic nitrogens is 2. The Labute approximate surface area is 143 Å². The zero-order valence-electron chi connectivity index (χ0n) is 12.9. The van der Waals surface area contributed by atoms with E-state index < -0.39 is 0 Å². The highest BCUT2D eigenvalue weighted by Gasteiger charge is 2.26. The normalized spacial score (nSPS) is 15.0. The van der Waals surface area contributed by atoms with E-state index in [1.54, 1.807) is 7.11 Å². The first-order valence-corrected chi connectivity index (χ1v) is 9.05. The lowest BCUT2D eigenvalue weighted by molar-refractivity contribution is -0.120. The van der Waals surface area contributed by atoms with Crippen LogP contribution < -0.4 is 15.4 Å². The van der Waals surface area contributed by atoms with Crippen molar-refractivity contribution in [3.8, 4) is 5.75 Å². The minimum absolute atomic E-state index is 0.0670.